The molecule has 0 aliphatic carbocycles. The normalized spacial score (nSPS) is 10.5. The summed E-state index contributed by atoms with van der Waals surface area (Å²) in [6.07, 6.45) is 0.584. The van der Waals surface area contributed by atoms with Crippen molar-refractivity contribution in [1.29, 1.82) is 0 Å². The summed E-state index contributed by atoms with van der Waals surface area (Å²) in [5, 5.41) is 29.3. The van der Waals surface area contributed by atoms with Crippen molar-refractivity contribution in [3.8, 4) is 23.0 Å². The van der Waals surface area contributed by atoms with E-state index in [-0.39, 0.29) is 35.0 Å². The fraction of sp³-hybridized carbons (Fsp3) is 0.235. The molecule has 116 valence electrons. The number of hydrogen-bond acceptors (Lipinski definition) is 5. The number of ether oxygens (including phenoxy) is 1. The maximum absolute atomic E-state index is 12.3. The molecule has 0 bridgehead atoms. The van der Waals surface area contributed by atoms with Crippen LogP contribution in [0, 0.1) is 6.92 Å². The molecule has 0 radical (unpaired) electrons. The number of ketones is 1. The maximum atomic E-state index is 12.3. The second-order valence-corrected chi connectivity index (χ2v) is 5.04. The van der Waals surface area contributed by atoms with Crippen molar-refractivity contribution in [2.75, 3.05) is 7.11 Å². The first kappa shape index (κ1) is 15.7. The second kappa shape index (κ2) is 6.39. The van der Waals surface area contributed by atoms with Crippen LogP contribution in [0.2, 0.25) is 0 Å². The Bertz CT molecular complexity index is 689. The number of phenols is 3. The number of benzene rings is 2. The van der Waals surface area contributed by atoms with Crippen LogP contribution < -0.4 is 4.74 Å². The molecule has 0 aromatic heterocycles. The zero-order valence-corrected chi connectivity index (χ0v) is 12.5. The number of methoxy groups -OCH3 is 1. The Hall–Kier alpha value is -2.69. The van der Waals surface area contributed by atoms with Crippen LogP contribution in [0.1, 0.15) is 27.9 Å². The van der Waals surface area contributed by atoms with Gasteiger partial charge in [-0.1, -0.05) is 12.1 Å². The Morgan fingerprint density at radius 1 is 1.14 bits per heavy atom. The van der Waals surface area contributed by atoms with Crippen LogP contribution in [0.4, 0.5) is 0 Å². The molecule has 5 heteroatoms. The van der Waals surface area contributed by atoms with E-state index in [9.17, 15) is 20.1 Å². The third-order valence-electron chi connectivity index (χ3n) is 3.56. The largest absolute Gasteiger partial charge is 0.508 e. The van der Waals surface area contributed by atoms with Gasteiger partial charge in [-0.25, -0.2) is 0 Å². The lowest BCUT2D eigenvalue weighted by Gasteiger charge is -2.12. The van der Waals surface area contributed by atoms with Gasteiger partial charge < -0.3 is 20.1 Å². The minimum absolute atomic E-state index is 0.0860. The number of rotatable bonds is 5. The highest BCUT2D eigenvalue weighted by Gasteiger charge is 2.21. The van der Waals surface area contributed by atoms with Crippen LogP contribution in [0.15, 0.2) is 30.3 Å². The van der Waals surface area contributed by atoms with Crippen molar-refractivity contribution in [2.24, 2.45) is 0 Å². The first-order valence-electron chi connectivity index (χ1n) is 6.84. The first-order valence-corrected chi connectivity index (χ1v) is 6.84. The van der Waals surface area contributed by atoms with Crippen LogP contribution in [-0.4, -0.2) is 28.2 Å². The summed E-state index contributed by atoms with van der Waals surface area (Å²) in [6.45, 7) is 1.62. The second-order valence-electron chi connectivity index (χ2n) is 5.04. The van der Waals surface area contributed by atoms with Crippen LogP contribution in [0.5, 0.6) is 23.0 Å². The van der Waals surface area contributed by atoms with Gasteiger partial charge in [-0.2, -0.15) is 0 Å². The molecule has 0 spiro atoms. The van der Waals surface area contributed by atoms with Crippen molar-refractivity contribution >= 4 is 5.78 Å². The molecule has 2 rings (SSSR count). The van der Waals surface area contributed by atoms with E-state index in [0.29, 0.717) is 17.7 Å². The van der Waals surface area contributed by atoms with Gasteiger partial charge in [-0.3, -0.25) is 4.79 Å². The Morgan fingerprint density at radius 2 is 1.77 bits per heavy atom. The molecule has 5 nitrogen and oxygen atoms in total. The molecule has 2 aromatic rings. The summed E-state index contributed by atoms with van der Waals surface area (Å²) < 4.78 is 5.03. The minimum atomic E-state index is -0.353. The van der Waals surface area contributed by atoms with Gasteiger partial charge in [0.05, 0.1) is 7.11 Å². The predicted molar refractivity (Wildman–Crippen MR) is 81.8 cm³/mol. The quantitative estimate of drug-likeness (QED) is 0.739. The number of Topliss-reactive ketones (excluding diaryl/α,β-unsaturated/α-hetero) is 1. The highest BCUT2D eigenvalue weighted by atomic mass is 16.5. The minimum Gasteiger partial charge on any atom is -0.508 e. The van der Waals surface area contributed by atoms with Crippen molar-refractivity contribution < 1.29 is 24.9 Å². The van der Waals surface area contributed by atoms with Crippen molar-refractivity contribution in [1.82, 2.24) is 0 Å². The summed E-state index contributed by atoms with van der Waals surface area (Å²) in [6, 6.07) is 7.87. The molecular weight excluding hydrogens is 284 g/mol. The Labute approximate surface area is 128 Å². The van der Waals surface area contributed by atoms with Gasteiger partial charge in [-0.15, -0.1) is 0 Å². The highest BCUT2D eigenvalue weighted by molar-refractivity contribution is 6.02. The average Bonchev–Trinajstić information content (AvgIpc) is 2.50. The molecule has 0 saturated carbocycles. The molecule has 0 aliphatic rings. The third-order valence-corrected chi connectivity index (χ3v) is 3.56. The van der Waals surface area contributed by atoms with E-state index in [4.69, 9.17) is 4.74 Å². The zero-order valence-electron chi connectivity index (χ0n) is 12.5. The van der Waals surface area contributed by atoms with Gasteiger partial charge in [0.25, 0.3) is 0 Å². The summed E-state index contributed by atoms with van der Waals surface area (Å²) in [5.41, 5.74) is 1.21. The summed E-state index contributed by atoms with van der Waals surface area (Å²) in [5.74, 6) is -0.418. The van der Waals surface area contributed by atoms with Crippen molar-refractivity contribution in [3.63, 3.8) is 0 Å². The zero-order chi connectivity index (χ0) is 16.3. The standard InChI is InChI=1S/C17H18O5/c1-10-15(22-2)9-14(20)16(17(10)21)13(19)8-5-11-3-6-12(18)7-4-11/h3-4,6-7,9,18,20-21H,5,8H2,1-2H3. The van der Waals surface area contributed by atoms with Gasteiger partial charge in [0, 0.05) is 18.1 Å². The van der Waals surface area contributed by atoms with E-state index in [1.165, 1.54) is 13.2 Å². The van der Waals surface area contributed by atoms with E-state index >= 15 is 0 Å². The van der Waals surface area contributed by atoms with Crippen LogP contribution in [0.25, 0.3) is 0 Å². The van der Waals surface area contributed by atoms with E-state index in [1.807, 2.05) is 0 Å². The van der Waals surface area contributed by atoms with Gasteiger partial charge in [0.2, 0.25) is 0 Å². The summed E-state index contributed by atoms with van der Waals surface area (Å²) in [4.78, 5) is 12.3. The number of carbonyl (C=O) groups is 1. The molecule has 0 unspecified atom stereocenters. The van der Waals surface area contributed by atoms with E-state index < -0.39 is 0 Å². The molecular formula is C17H18O5. The van der Waals surface area contributed by atoms with Crippen LogP contribution in [-0.2, 0) is 6.42 Å². The molecule has 0 saturated heterocycles. The first-order chi connectivity index (χ1) is 10.4. The third kappa shape index (κ3) is 3.14. The number of aryl methyl sites for hydroxylation is 1. The number of phenolic OH excluding ortho intramolecular Hbond substituents is 3. The van der Waals surface area contributed by atoms with Gasteiger partial charge in [-0.05, 0) is 31.0 Å². The topological polar surface area (TPSA) is 87.0 Å². The molecule has 22 heavy (non-hydrogen) atoms. The summed E-state index contributed by atoms with van der Waals surface area (Å²) in [7, 11) is 1.42. The Balaban J connectivity index is 2.19. The molecule has 3 N–H and O–H groups in total. The lowest BCUT2D eigenvalue weighted by Crippen LogP contribution is -2.04. The van der Waals surface area contributed by atoms with E-state index in [0.717, 1.165) is 5.56 Å². The van der Waals surface area contributed by atoms with Crippen molar-refractivity contribution in [3.05, 3.63) is 47.0 Å². The molecule has 0 fully saturated rings. The van der Waals surface area contributed by atoms with Gasteiger partial charge in [0.15, 0.2) is 5.78 Å². The monoisotopic (exact) mass is 302 g/mol. The fourth-order valence-corrected chi connectivity index (χ4v) is 2.26. The molecule has 0 atom stereocenters. The van der Waals surface area contributed by atoms with E-state index in [1.54, 1.807) is 31.2 Å². The number of aromatic hydroxyl groups is 3. The fourth-order valence-electron chi connectivity index (χ4n) is 2.26. The van der Waals surface area contributed by atoms with Crippen LogP contribution >= 0.6 is 0 Å². The number of hydrogen-bond donors (Lipinski definition) is 3. The Kier molecular flexibility index (Phi) is 4.56. The summed E-state index contributed by atoms with van der Waals surface area (Å²) >= 11 is 0. The smallest absolute Gasteiger partial charge is 0.170 e. The van der Waals surface area contributed by atoms with Gasteiger partial charge in [0.1, 0.15) is 28.6 Å². The SMILES string of the molecule is COc1cc(O)c(C(=O)CCc2ccc(O)cc2)c(O)c1C. The Morgan fingerprint density at radius 3 is 2.36 bits per heavy atom. The lowest BCUT2D eigenvalue weighted by molar-refractivity contribution is 0.0977. The maximum Gasteiger partial charge on any atom is 0.170 e. The predicted octanol–water partition coefficient (Wildman–Crippen LogP) is 2.94. The lowest BCUT2D eigenvalue weighted by atomic mass is 9.98. The van der Waals surface area contributed by atoms with Crippen LogP contribution in [0.3, 0.4) is 0 Å². The molecule has 0 aliphatic heterocycles. The molecule has 0 heterocycles. The average molecular weight is 302 g/mol. The number of carbonyl (C=O) groups excluding carboxylic acids is 1. The highest BCUT2D eigenvalue weighted by Crippen LogP contribution is 2.38. The van der Waals surface area contributed by atoms with E-state index in [2.05, 4.69) is 0 Å². The molecule has 0 amide bonds. The van der Waals surface area contributed by atoms with Crippen molar-refractivity contribution in [2.45, 2.75) is 19.8 Å². The van der Waals surface area contributed by atoms with Gasteiger partial charge >= 0.3 is 0 Å². The molecule has 2 aromatic carbocycles.